The Morgan fingerprint density at radius 1 is 0.909 bits per heavy atom. The molecule has 0 saturated carbocycles. The third-order valence-corrected chi connectivity index (χ3v) is 5.96. The van der Waals surface area contributed by atoms with Gasteiger partial charge in [0.2, 0.25) is 5.91 Å². The standard InChI is InChI=1S/C27H24N4O2/c1-18(32)30-24-6-4-5-21(14-24)25-15-22(13-23-16-28-17-29-26(23)25)19-7-9-20(10-8-19)27(33)31-11-2-3-12-31/h4-10,13-17H,2-3,11-12H2,1H3,(H,30,32). The third-order valence-electron chi connectivity index (χ3n) is 5.96. The molecule has 2 amide bonds. The van der Waals surface area contributed by atoms with Crippen LogP contribution in [0.2, 0.25) is 0 Å². The lowest BCUT2D eigenvalue weighted by molar-refractivity contribution is -0.114. The van der Waals surface area contributed by atoms with Gasteiger partial charge in [0.15, 0.2) is 0 Å². The molecule has 4 aromatic rings. The third kappa shape index (κ3) is 4.32. The summed E-state index contributed by atoms with van der Waals surface area (Å²) in [6, 6.07) is 19.7. The number of nitrogens with one attached hydrogen (secondary N) is 1. The molecule has 0 bridgehead atoms. The van der Waals surface area contributed by atoms with Crippen molar-refractivity contribution in [3.05, 3.63) is 78.8 Å². The minimum absolute atomic E-state index is 0.0986. The fraction of sp³-hybridized carbons (Fsp3) is 0.185. The number of anilines is 1. The smallest absolute Gasteiger partial charge is 0.253 e. The zero-order valence-corrected chi connectivity index (χ0v) is 18.4. The van der Waals surface area contributed by atoms with Gasteiger partial charge in [-0.2, -0.15) is 0 Å². The number of hydrogen-bond acceptors (Lipinski definition) is 4. The molecule has 1 aliphatic rings. The van der Waals surface area contributed by atoms with Crippen LogP contribution in [0, 0.1) is 0 Å². The first-order valence-corrected chi connectivity index (χ1v) is 11.1. The lowest BCUT2D eigenvalue weighted by Gasteiger charge is -2.15. The summed E-state index contributed by atoms with van der Waals surface area (Å²) in [4.78, 5) is 34.8. The maximum absolute atomic E-state index is 12.7. The van der Waals surface area contributed by atoms with E-state index >= 15 is 0 Å². The minimum atomic E-state index is -0.114. The Kier molecular flexibility index (Phi) is 5.57. The summed E-state index contributed by atoms with van der Waals surface area (Å²) in [6.07, 6.45) is 5.50. The number of amides is 2. The van der Waals surface area contributed by atoms with Crippen LogP contribution >= 0.6 is 0 Å². The molecule has 3 aromatic carbocycles. The normalized spacial score (nSPS) is 13.3. The van der Waals surface area contributed by atoms with Crippen LogP contribution in [0.1, 0.15) is 30.1 Å². The molecule has 1 saturated heterocycles. The van der Waals surface area contributed by atoms with E-state index in [2.05, 4.69) is 27.4 Å². The number of carbonyl (C=O) groups excluding carboxylic acids is 2. The van der Waals surface area contributed by atoms with E-state index in [0.29, 0.717) is 5.56 Å². The van der Waals surface area contributed by atoms with Crippen molar-refractivity contribution in [2.75, 3.05) is 18.4 Å². The highest BCUT2D eigenvalue weighted by molar-refractivity contribution is 5.99. The van der Waals surface area contributed by atoms with Gasteiger partial charge in [0.05, 0.1) is 5.52 Å². The van der Waals surface area contributed by atoms with Gasteiger partial charge >= 0.3 is 0 Å². The largest absolute Gasteiger partial charge is 0.339 e. The molecule has 6 heteroatoms. The van der Waals surface area contributed by atoms with Crippen LogP contribution in [-0.2, 0) is 4.79 Å². The molecule has 0 radical (unpaired) electrons. The molecule has 33 heavy (non-hydrogen) atoms. The highest BCUT2D eigenvalue weighted by atomic mass is 16.2. The Morgan fingerprint density at radius 2 is 1.70 bits per heavy atom. The quantitative estimate of drug-likeness (QED) is 0.480. The minimum Gasteiger partial charge on any atom is -0.339 e. The van der Waals surface area contributed by atoms with Crippen molar-refractivity contribution < 1.29 is 9.59 Å². The van der Waals surface area contributed by atoms with Crippen LogP contribution in [-0.4, -0.2) is 39.8 Å². The fourth-order valence-corrected chi connectivity index (χ4v) is 4.37. The first kappa shape index (κ1) is 20.8. The predicted molar refractivity (Wildman–Crippen MR) is 130 cm³/mol. The second-order valence-electron chi connectivity index (χ2n) is 8.32. The van der Waals surface area contributed by atoms with Crippen LogP contribution in [0.5, 0.6) is 0 Å². The molecular formula is C27H24N4O2. The highest BCUT2D eigenvalue weighted by Gasteiger charge is 2.19. The molecule has 1 aromatic heterocycles. The molecule has 6 nitrogen and oxygen atoms in total. The van der Waals surface area contributed by atoms with Crippen LogP contribution in [0.3, 0.4) is 0 Å². The van der Waals surface area contributed by atoms with Crippen LogP contribution in [0.4, 0.5) is 5.69 Å². The number of carbonyl (C=O) groups is 2. The van der Waals surface area contributed by atoms with Gasteiger partial charge in [-0.05, 0) is 65.9 Å². The monoisotopic (exact) mass is 436 g/mol. The van der Waals surface area contributed by atoms with E-state index in [1.807, 2.05) is 53.4 Å². The Labute approximate surface area is 192 Å². The van der Waals surface area contributed by atoms with Gasteiger partial charge in [0.25, 0.3) is 5.91 Å². The summed E-state index contributed by atoms with van der Waals surface area (Å²) in [5, 5.41) is 3.76. The summed E-state index contributed by atoms with van der Waals surface area (Å²) < 4.78 is 0. The van der Waals surface area contributed by atoms with E-state index in [1.165, 1.54) is 6.92 Å². The molecule has 164 valence electrons. The lowest BCUT2D eigenvalue weighted by atomic mass is 9.95. The van der Waals surface area contributed by atoms with Crippen LogP contribution < -0.4 is 5.32 Å². The van der Waals surface area contributed by atoms with E-state index in [0.717, 1.165) is 64.8 Å². The van der Waals surface area contributed by atoms with E-state index in [9.17, 15) is 9.59 Å². The maximum atomic E-state index is 12.7. The molecule has 0 unspecified atom stereocenters. The first-order chi connectivity index (χ1) is 16.1. The molecular weight excluding hydrogens is 412 g/mol. The number of hydrogen-bond donors (Lipinski definition) is 1. The predicted octanol–water partition coefficient (Wildman–Crippen LogP) is 5.16. The average Bonchev–Trinajstić information content (AvgIpc) is 3.38. The second kappa shape index (κ2) is 8.82. The van der Waals surface area contributed by atoms with Crippen molar-refractivity contribution in [3.63, 3.8) is 0 Å². The SMILES string of the molecule is CC(=O)Nc1cccc(-c2cc(-c3ccc(C(=O)N4CCCC4)cc3)cc3cncnc23)c1. The highest BCUT2D eigenvalue weighted by Crippen LogP contribution is 2.34. The number of benzene rings is 3. The first-order valence-electron chi connectivity index (χ1n) is 11.1. The summed E-state index contributed by atoms with van der Waals surface area (Å²) >= 11 is 0. The van der Waals surface area contributed by atoms with E-state index in [4.69, 9.17) is 0 Å². The summed E-state index contributed by atoms with van der Waals surface area (Å²) in [7, 11) is 0. The second-order valence-corrected chi connectivity index (χ2v) is 8.32. The van der Waals surface area contributed by atoms with E-state index in [1.54, 1.807) is 12.5 Å². The zero-order valence-electron chi connectivity index (χ0n) is 18.4. The number of fused-ring (bicyclic) bond motifs is 1. The molecule has 1 fully saturated rings. The summed E-state index contributed by atoms with van der Waals surface area (Å²) in [5.74, 6) is -0.0157. The van der Waals surface area contributed by atoms with Crippen molar-refractivity contribution in [2.24, 2.45) is 0 Å². The van der Waals surface area contributed by atoms with Crippen LogP contribution in [0.25, 0.3) is 33.2 Å². The number of rotatable bonds is 4. The van der Waals surface area contributed by atoms with Crippen LogP contribution in [0.15, 0.2) is 73.2 Å². The maximum Gasteiger partial charge on any atom is 0.253 e. The Balaban J connectivity index is 1.55. The molecule has 1 N–H and O–H groups in total. The molecule has 0 aliphatic carbocycles. The van der Waals surface area contributed by atoms with Crippen molar-refractivity contribution >= 4 is 28.4 Å². The summed E-state index contributed by atoms with van der Waals surface area (Å²) in [6.45, 7) is 3.17. The molecule has 5 rings (SSSR count). The van der Waals surface area contributed by atoms with Gasteiger partial charge in [0, 0.05) is 48.4 Å². The zero-order chi connectivity index (χ0) is 22.8. The molecule has 2 heterocycles. The molecule has 1 aliphatic heterocycles. The van der Waals surface area contributed by atoms with Gasteiger partial charge < -0.3 is 10.2 Å². The lowest BCUT2D eigenvalue weighted by Crippen LogP contribution is -2.27. The van der Waals surface area contributed by atoms with Gasteiger partial charge in [-0.25, -0.2) is 9.97 Å². The number of likely N-dealkylation sites (tertiary alicyclic amines) is 1. The average molecular weight is 437 g/mol. The molecule has 0 spiro atoms. The van der Waals surface area contributed by atoms with Gasteiger partial charge in [0.1, 0.15) is 6.33 Å². The topological polar surface area (TPSA) is 75.2 Å². The number of aromatic nitrogens is 2. The summed E-state index contributed by atoms with van der Waals surface area (Å²) in [5.41, 5.74) is 6.22. The van der Waals surface area contributed by atoms with Crippen molar-refractivity contribution in [1.82, 2.24) is 14.9 Å². The van der Waals surface area contributed by atoms with Gasteiger partial charge in [-0.1, -0.05) is 24.3 Å². The van der Waals surface area contributed by atoms with E-state index in [-0.39, 0.29) is 11.8 Å². The van der Waals surface area contributed by atoms with E-state index < -0.39 is 0 Å². The van der Waals surface area contributed by atoms with Gasteiger partial charge in [-0.3, -0.25) is 9.59 Å². The molecule has 0 atom stereocenters. The Hall–Kier alpha value is -4.06. The Bertz CT molecular complexity index is 1340. The van der Waals surface area contributed by atoms with Crippen molar-refractivity contribution in [3.8, 4) is 22.3 Å². The van der Waals surface area contributed by atoms with Gasteiger partial charge in [-0.15, -0.1) is 0 Å². The van der Waals surface area contributed by atoms with Crippen molar-refractivity contribution in [2.45, 2.75) is 19.8 Å². The number of nitrogens with zero attached hydrogens (tertiary/aromatic N) is 3. The fourth-order valence-electron chi connectivity index (χ4n) is 4.37. The Morgan fingerprint density at radius 3 is 2.45 bits per heavy atom. The van der Waals surface area contributed by atoms with Crippen molar-refractivity contribution in [1.29, 1.82) is 0 Å².